The van der Waals surface area contributed by atoms with Crippen molar-refractivity contribution in [2.45, 2.75) is 49.0 Å². The lowest BCUT2D eigenvalue weighted by molar-refractivity contribution is 0.106. The minimum Gasteiger partial charge on any atom is -0.534 e. The highest BCUT2D eigenvalue weighted by molar-refractivity contribution is 7.90. The van der Waals surface area contributed by atoms with Crippen LogP contribution >= 0.6 is 0 Å². The maximum absolute atomic E-state index is 13.1. The summed E-state index contributed by atoms with van der Waals surface area (Å²) >= 11 is 0. The Labute approximate surface area is 324 Å². The normalized spacial score (nSPS) is 12.6. The lowest BCUT2D eigenvalue weighted by atomic mass is 10.1. The summed E-state index contributed by atoms with van der Waals surface area (Å²) in [6.45, 7) is 7.79. The van der Waals surface area contributed by atoms with Gasteiger partial charge in [0, 0.05) is 12.1 Å². The predicted octanol–water partition coefficient (Wildman–Crippen LogP) is 6.23. The maximum atomic E-state index is 13.1. The van der Waals surface area contributed by atoms with Crippen molar-refractivity contribution < 1.29 is 31.9 Å². The van der Waals surface area contributed by atoms with Crippen LogP contribution in [-0.4, -0.2) is 64.9 Å². The van der Waals surface area contributed by atoms with Crippen molar-refractivity contribution in [3.8, 4) is 28.7 Å². The molecule has 5 aromatic carbocycles. The molecule has 0 bridgehead atoms. The molecule has 286 valence electrons. The van der Waals surface area contributed by atoms with Gasteiger partial charge in [-0.05, 0) is 94.6 Å². The summed E-state index contributed by atoms with van der Waals surface area (Å²) in [6, 6.07) is 42.4. The van der Waals surface area contributed by atoms with Crippen molar-refractivity contribution >= 4 is 28.5 Å². The Bertz CT molecular complexity index is 2170. The number of nitrogens with zero attached hydrogens (tertiary/aromatic N) is 2. The molecule has 1 aromatic heterocycles. The molecule has 0 amide bonds. The van der Waals surface area contributed by atoms with Crippen LogP contribution in [-0.2, 0) is 22.0 Å². The van der Waals surface area contributed by atoms with Gasteiger partial charge < -0.3 is 28.8 Å². The van der Waals surface area contributed by atoms with Gasteiger partial charge in [-0.1, -0.05) is 98.7 Å². The predicted molar refractivity (Wildman–Crippen MR) is 216 cm³/mol. The second-order valence-electron chi connectivity index (χ2n) is 14.3. The molecular weight excluding hydrogens is 731 g/mol. The summed E-state index contributed by atoms with van der Waals surface area (Å²) < 4.78 is 49.6. The van der Waals surface area contributed by atoms with Crippen molar-refractivity contribution in [1.82, 2.24) is 15.5 Å². The van der Waals surface area contributed by atoms with Crippen molar-refractivity contribution in [2.75, 3.05) is 26.8 Å². The number of hydrogen-bond donors (Lipinski definition) is 2. The first-order chi connectivity index (χ1) is 26.5. The molecule has 1 heterocycles. The quantitative estimate of drug-likeness (QED) is 0.0812. The lowest BCUT2D eigenvalue weighted by Gasteiger charge is -2.43. The van der Waals surface area contributed by atoms with E-state index < -0.39 is 24.3 Å². The molecule has 0 spiro atoms. The molecule has 6 rings (SSSR count). The summed E-state index contributed by atoms with van der Waals surface area (Å²) in [6.07, 6.45) is -0.0764. The number of ether oxygens (including phenoxy) is 2. The standard InChI is InChI=1S/C43H47N3O7SSi/c1-43(2,3)55(39-11-7-5-8-12-39,40-13-9-6-10-14-40)53-37-23-21-36(22-24-37)51-30-34(47)29-44-28-27-32-15-25-38(26-16-32)54(48,49)31-41-45-42(52-46-41)33-17-19-35(50-4)20-18-33/h5-26,34,44,47H,27-31H2,1-4H3/t34-/m0/s1. The van der Waals surface area contributed by atoms with Gasteiger partial charge in [-0.2, -0.15) is 4.98 Å². The number of nitrogens with one attached hydrogen (secondary N) is 1. The molecule has 1 atom stereocenters. The number of methoxy groups -OCH3 is 1. The minimum atomic E-state index is -3.69. The molecule has 0 saturated carbocycles. The number of aliphatic hydroxyl groups is 1. The molecule has 12 heteroatoms. The van der Waals surface area contributed by atoms with E-state index in [-0.39, 0.29) is 34.0 Å². The molecule has 10 nitrogen and oxygen atoms in total. The lowest BCUT2D eigenvalue weighted by Crippen LogP contribution is -2.68. The summed E-state index contributed by atoms with van der Waals surface area (Å²) in [7, 11) is -4.86. The fourth-order valence-electron chi connectivity index (χ4n) is 6.46. The highest BCUT2D eigenvalue weighted by Crippen LogP contribution is 2.38. The number of sulfone groups is 1. The van der Waals surface area contributed by atoms with Gasteiger partial charge in [-0.3, -0.25) is 0 Å². The van der Waals surface area contributed by atoms with Crippen molar-refractivity contribution in [1.29, 1.82) is 0 Å². The van der Waals surface area contributed by atoms with Gasteiger partial charge in [0.15, 0.2) is 15.7 Å². The van der Waals surface area contributed by atoms with Crippen molar-refractivity contribution in [3.05, 3.63) is 145 Å². The molecule has 0 unspecified atom stereocenters. The van der Waals surface area contributed by atoms with Gasteiger partial charge >= 0.3 is 8.32 Å². The van der Waals surface area contributed by atoms with Crippen LogP contribution in [0.4, 0.5) is 0 Å². The van der Waals surface area contributed by atoms with E-state index >= 15 is 0 Å². The van der Waals surface area contributed by atoms with Crippen LogP contribution in [0.25, 0.3) is 11.5 Å². The second kappa shape index (κ2) is 17.5. The zero-order valence-electron chi connectivity index (χ0n) is 31.5. The molecule has 0 aliphatic rings. The van der Waals surface area contributed by atoms with E-state index in [9.17, 15) is 13.5 Å². The molecule has 0 saturated heterocycles. The highest BCUT2D eigenvalue weighted by Gasteiger charge is 2.52. The second-order valence-corrected chi connectivity index (χ2v) is 20.5. The minimum absolute atomic E-state index is 0.0824. The summed E-state index contributed by atoms with van der Waals surface area (Å²) in [4.78, 5) is 4.44. The third kappa shape index (κ3) is 9.70. The van der Waals surface area contributed by atoms with Crippen LogP contribution in [0.3, 0.4) is 0 Å². The summed E-state index contributed by atoms with van der Waals surface area (Å²) in [5.41, 5.74) is 1.62. The topological polar surface area (TPSA) is 133 Å². The van der Waals surface area contributed by atoms with E-state index in [1.165, 1.54) is 10.4 Å². The fraction of sp³-hybridized carbons (Fsp3) is 0.256. The molecule has 0 aliphatic carbocycles. The van der Waals surface area contributed by atoms with E-state index in [1.807, 2.05) is 36.4 Å². The van der Waals surface area contributed by atoms with Gasteiger partial charge in [0.1, 0.15) is 35.7 Å². The van der Waals surface area contributed by atoms with Crippen LogP contribution in [0.15, 0.2) is 143 Å². The van der Waals surface area contributed by atoms with Crippen LogP contribution in [0.1, 0.15) is 32.2 Å². The van der Waals surface area contributed by atoms with E-state index in [4.69, 9.17) is 18.4 Å². The first-order valence-corrected chi connectivity index (χ1v) is 21.7. The number of hydrogen-bond acceptors (Lipinski definition) is 10. The van der Waals surface area contributed by atoms with E-state index in [1.54, 1.807) is 55.6 Å². The highest BCUT2D eigenvalue weighted by atomic mass is 32.2. The Morgan fingerprint density at radius 1 is 0.782 bits per heavy atom. The van der Waals surface area contributed by atoms with Crippen LogP contribution in [0.5, 0.6) is 17.2 Å². The Morgan fingerprint density at radius 2 is 1.36 bits per heavy atom. The Morgan fingerprint density at radius 3 is 1.95 bits per heavy atom. The monoisotopic (exact) mass is 777 g/mol. The largest absolute Gasteiger partial charge is 0.534 e. The summed E-state index contributed by atoms with van der Waals surface area (Å²) in [5.74, 6) is 2.03. The van der Waals surface area contributed by atoms with Crippen LogP contribution in [0, 0.1) is 0 Å². The molecular formula is C43H47N3O7SSi. The zero-order chi connectivity index (χ0) is 38.9. The smallest absolute Gasteiger partial charge is 0.319 e. The summed E-state index contributed by atoms with van der Waals surface area (Å²) in [5, 5.41) is 20.0. The number of aromatic nitrogens is 2. The SMILES string of the molecule is COc1ccc(-c2nc(CS(=O)(=O)c3ccc(CCNC[C@H](O)COc4ccc(O[Si](c5ccccc5)(c5ccccc5)C(C)(C)C)cc4)cc3)no2)cc1. The van der Waals surface area contributed by atoms with E-state index in [0.29, 0.717) is 36.6 Å². The first-order valence-electron chi connectivity index (χ1n) is 18.2. The van der Waals surface area contributed by atoms with E-state index in [2.05, 4.69) is 84.8 Å². The average molecular weight is 778 g/mol. The molecule has 55 heavy (non-hydrogen) atoms. The van der Waals surface area contributed by atoms with Crippen LogP contribution < -0.4 is 29.6 Å². The Balaban J connectivity index is 0.961. The van der Waals surface area contributed by atoms with Gasteiger partial charge in [0.05, 0.1) is 12.0 Å². The van der Waals surface area contributed by atoms with Gasteiger partial charge in [0.25, 0.3) is 5.89 Å². The molecule has 0 aliphatic heterocycles. The molecule has 6 aromatic rings. The Kier molecular flexibility index (Phi) is 12.5. The number of benzene rings is 5. The first kappa shape index (κ1) is 39.4. The van der Waals surface area contributed by atoms with E-state index in [0.717, 1.165) is 11.3 Å². The van der Waals surface area contributed by atoms with Gasteiger partial charge in [0.2, 0.25) is 0 Å². The fourth-order valence-corrected chi connectivity index (χ4v) is 12.1. The average Bonchev–Trinajstić information content (AvgIpc) is 3.66. The molecule has 2 N–H and O–H groups in total. The van der Waals surface area contributed by atoms with Crippen LogP contribution in [0.2, 0.25) is 5.04 Å². The zero-order valence-corrected chi connectivity index (χ0v) is 33.3. The van der Waals surface area contributed by atoms with Gasteiger partial charge in [-0.15, -0.1) is 0 Å². The van der Waals surface area contributed by atoms with Gasteiger partial charge in [-0.25, -0.2) is 8.42 Å². The third-order valence-electron chi connectivity index (χ3n) is 9.33. The number of rotatable bonds is 17. The molecule has 0 fully saturated rings. The van der Waals surface area contributed by atoms with Crippen molar-refractivity contribution in [3.63, 3.8) is 0 Å². The Hall–Kier alpha value is -5.27. The van der Waals surface area contributed by atoms with Crippen molar-refractivity contribution in [2.24, 2.45) is 0 Å². The third-order valence-corrected chi connectivity index (χ3v) is 15.9. The molecule has 0 radical (unpaired) electrons. The number of aliphatic hydroxyl groups excluding tert-OH is 1. The maximum Gasteiger partial charge on any atom is 0.319 e.